The highest BCUT2D eigenvalue weighted by molar-refractivity contribution is 5.90. The molecule has 8 nitrogen and oxygen atoms in total. The van der Waals surface area contributed by atoms with Crippen molar-refractivity contribution in [3.05, 3.63) is 29.8 Å². The van der Waals surface area contributed by atoms with Gasteiger partial charge in [-0.1, -0.05) is 6.07 Å². The van der Waals surface area contributed by atoms with Crippen molar-refractivity contribution in [3.63, 3.8) is 0 Å². The number of carbonyl (C=O) groups is 3. The SMILES string of the molecule is COc1cc(/C=C/C(=O)OCC(=O)NCC(=O)NC(C)C)ccc1O. The Kier molecular flexibility index (Phi) is 7.98. The Morgan fingerprint density at radius 3 is 2.60 bits per heavy atom. The molecule has 0 saturated carbocycles. The van der Waals surface area contributed by atoms with E-state index in [4.69, 9.17) is 9.47 Å². The number of phenolic OH excluding ortho intramolecular Hbond substituents is 1. The maximum Gasteiger partial charge on any atom is 0.331 e. The molecule has 0 aliphatic rings. The monoisotopic (exact) mass is 350 g/mol. The lowest BCUT2D eigenvalue weighted by Gasteiger charge is -2.09. The van der Waals surface area contributed by atoms with Crippen LogP contribution in [0.4, 0.5) is 0 Å². The third-order valence-electron chi connectivity index (χ3n) is 2.86. The molecule has 0 aliphatic heterocycles. The standard InChI is InChI=1S/C17H22N2O6/c1-11(2)19-15(21)9-18-16(22)10-25-17(23)7-5-12-4-6-13(20)14(8-12)24-3/h4-8,11,20H,9-10H2,1-3H3,(H,18,22)(H,19,21)/b7-5+. The maximum absolute atomic E-state index is 11.6. The number of nitrogens with one attached hydrogen (secondary N) is 2. The van der Waals surface area contributed by atoms with Crippen LogP contribution >= 0.6 is 0 Å². The summed E-state index contributed by atoms with van der Waals surface area (Å²) in [6.07, 6.45) is 2.60. The van der Waals surface area contributed by atoms with Crippen molar-refractivity contribution in [1.82, 2.24) is 10.6 Å². The van der Waals surface area contributed by atoms with Crippen molar-refractivity contribution in [2.24, 2.45) is 0 Å². The van der Waals surface area contributed by atoms with Crippen molar-refractivity contribution in [2.75, 3.05) is 20.3 Å². The molecule has 0 heterocycles. The lowest BCUT2D eigenvalue weighted by molar-refractivity contribution is -0.143. The maximum atomic E-state index is 11.6. The Morgan fingerprint density at radius 1 is 1.24 bits per heavy atom. The second-order valence-electron chi connectivity index (χ2n) is 5.37. The Bertz CT molecular complexity index is 655. The number of hydrogen-bond acceptors (Lipinski definition) is 6. The number of amides is 2. The molecule has 0 unspecified atom stereocenters. The van der Waals surface area contributed by atoms with E-state index in [1.165, 1.54) is 19.3 Å². The fourth-order valence-electron chi connectivity index (χ4n) is 1.75. The second kappa shape index (κ2) is 9.96. The van der Waals surface area contributed by atoms with Gasteiger partial charge in [0.05, 0.1) is 13.7 Å². The first-order valence-corrected chi connectivity index (χ1v) is 7.59. The lowest BCUT2D eigenvalue weighted by Crippen LogP contribution is -2.41. The fraction of sp³-hybridized carbons (Fsp3) is 0.353. The second-order valence-corrected chi connectivity index (χ2v) is 5.37. The van der Waals surface area contributed by atoms with Crippen LogP contribution in [0.2, 0.25) is 0 Å². The number of methoxy groups -OCH3 is 1. The lowest BCUT2D eigenvalue weighted by atomic mass is 10.2. The minimum absolute atomic E-state index is 0.0135. The number of hydrogen-bond donors (Lipinski definition) is 3. The molecule has 0 radical (unpaired) electrons. The van der Waals surface area contributed by atoms with Crippen LogP contribution in [0.1, 0.15) is 19.4 Å². The van der Waals surface area contributed by atoms with Gasteiger partial charge in [-0.2, -0.15) is 0 Å². The third kappa shape index (κ3) is 7.87. The van der Waals surface area contributed by atoms with E-state index in [9.17, 15) is 19.5 Å². The van der Waals surface area contributed by atoms with Gasteiger partial charge in [-0.15, -0.1) is 0 Å². The molecule has 0 fully saturated rings. The molecule has 25 heavy (non-hydrogen) atoms. The summed E-state index contributed by atoms with van der Waals surface area (Å²) < 4.78 is 9.72. The summed E-state index contributed by atoms with van der Waals surface area (Å²) in [4.78, 5) is 34.4. The van der Waals surface area contributed by atoms with Crippen molar-refractivity contribution in [3.8, 4) is 11.5 Å². The number of rotatable bonds is 8. The number of esters is 1. The summed E-state index contributed by atoms with van der Waals surface area (Å²) in [6, 6.07) is 4.53. The Morgan fingerprint density at radius 2 is 1.96 bits per heavy atom. The molecule has 3 N–H and O–H groups in total. The van der Waals surface area contributed by atoms with Gasteiger partial charge < -0.3 is 25.2 Å². The predicted octanol–water partition coefficient (Wildman–Crippen LogP) is 0.598. The highest BCUT2D eigenvalue weighted by atomic mass is 16.5. The van der Waals surface area contributed by atoms with E-state index in [-0.39, 0.29) is 30.0 Å². The molecule has 1 rings (SSSR count). The first-order chi connectivity index (χ1) is 11.8. The molecule has 1 aromatic rings. The molecule has 0 spiro atoms. The van der Waals surface area contributed by atoms with Gasteiger partial charge in [0, 0.05) is 12.1 Å². The summed E-state index contributed by atoms with van der Waals surface area (Å²) >= 11 is 0. The van der Waals surface area contributed by atoms with Gasteiger partial charge in [-0.3, -0.25) is 9.59 Å². The van der Waals surface area contributed by atoms with Gasteiger partial charge in [0.15, 0.2) is 18.1 Å². The van der Waals surface area contributed by atoms with Gasteiger partial charge in [-0.25, -0.2) is 4.79 Å². The van der Waals surface area contributed by atoms with E-state index in [1.54, 1.807) is 26.0 Å². The molecule has 0 atom stereocenters. The molecule has 2 amide bonds. The zero-order chi connectivity index (χ0) is 18.8. The van der Waals surface area contributed by atoms with Crippen LogP contribution < -0.4 is 15.4 Å². The number of carbonyl (C=O) groups excluding carboxylic acids is 3. The van der Waals surface area contributed by atoms with E-state index in [1.807, 2.05) is 0 Å². The predicted molar refractivity (Wildman–Crippen MR) is 90.9 cm³/mol. The van der Waals surface area contributed by atoms with Gasteiger partial charge in [0.2, 0.25) is 5.91 Å². The van der Waals surface area contributed by atoms with Crippen molar-refractivity contribution < 1.29 is 29.0 Å². The summed E-state index contributed by atoms with van der Waals surface area (Å²) in [5.74, 6) is -1.35. The summed E-state index contributed by atoms with van der Waals surface area (Å²) in [6.45, 7) is 2.93. The third-order valence-corrected chi connectivity index (χ3v) is 2.86. The number of aromatic hydroxyl groups is 1. The van der Waals surface area contributed by atoms with Crippen molar-refractivity contribution in [2.45, 2.75) is 19.9 Å². The summed E-state index contributed by atoms with van der Waals surface area (Å²) in [5.41, 5.74) is 0.612. The molecule has 136 valence electrons. The Balaban J connectivity index is 2.39. The van der Waals surface area contributed by atoms with E-state index in [0.29, 0.717) is 5.56 Å². The van der Waals surface area contributed by atoms with E-state index in [2.05, 4.69) is 10.6 Å². The average Bonchev–Trinajstić information content (AvgIpc) is 2.56. The van der Waals surface area contributed by atoms with Gasteiger partial charge in [0.1, 0.15) is 0 Å². The van der Waals surface area contributed by atoms with E-state index >= 15 is 0 Å². The molecule has 0 aromatic heterocycles. The molecular formula is C17H22N2O6. The molecule has 8 heteroatoms. The number of ether oxygens (including phenoxy) is 2. The molecule has 0 saturated heterocycles. The zero-order valence-corrected chi connectivity index (χ0v) is 14.4. The first kappa shape index (κ1) is 20.0. The molecular weight excluding hydrogens is 328 g/mol. The molecule has 1 aromatic carbocycles. The van der Waals surface area contributed by atoms with Crippen molar-refractivity contribution in [1.29, 1.82) is 0 Å². The van der Waals surface area contributed by atoms with Gasteiger partial charge >= 0.3 is 5.97 Å². The highest BCUT2D eigenvalue weighted by Gasteiger charge is 2.08. The smallest absolute Gasteiger partial charge is 0.331 e. The Hall–Kier alpha value is -3.03. The molecule has 0 aliphatic carbocycles. The minimum atomic E-state index is -0.714. The van der Waals surface area contributed by atoms with E-state index < -0.39 is 18.5 Å². The van der Waals surface area contributed by atoms with Crippen LogP contribution in [-0.4, -0.2) is 49.2 Å². The van der Waals surface area contributed by atoms with Crippen LogP contribution in [0.15, 0.2) is 24.3 Å². The van der Waals surface area contributed by atoms with Crippen LogP contribution in [0.25, 0.3) is 6.08 Å². The van der Waals surface area contributed by atoms with Crippen LogP contribution in [0.3, 0.4) is 0 Å². The van der Waals surface area contributed by atoms with Gasteiger partial charge in [0.25, 0.3) is 5.91 Å². The Labute approximate surface area is 145 Å². The van der Waals surface area contributed by atoms with Crippen LogP contribution in [-0.2, 0) is 19.1 Å². The zero-order valence-electron chi connectivity index (χ0n) is 14.4. The topological polar surface area (TPSA) is 114 Å². The number of phenols is 1. The average molecular weight is 350 g/mol. The normalized spacial score (nSPS) is 10.6. The summed E-state index contributed by atoms with van der Waals surface area (Å²) in [5, 5.41) is 14.4. The largest absolute Gasteiger partial charge is 0.504 e. The summed E-state index contributed by atoms with van der Waals surface area (Å²) in [7, 11) is 1.41. The minimum Gasteiger partial charge on any atom is -0.504 e. The first-order valence-electron chi connectivity index (χ1n) is 7.59. The quantitative estimate of drug-likeness (QED) is 0.467. The van der Waals surface area contributed by atoms with Crippen molar-refractivity contribution >= 4 is 23.9 Å². The number of benzene rings is 1. The molecule has 0 bridgehead atoms. The van der Waals surface area contributed by atoms with Crippen LogP contribution in [0.5, 0.6) is 11.5 Å². The van der Waals surface area contributed by atoms with Gasteiger partial charge in [-0.05, 0) is 37.6 Å². The highest BCUT2D eigenvalue weighted by Crippen LogP contribution is 2.26. The fourth-order valence-corrected chi connectivity index (χ4v) is 1.75. The van der Waals surface area contributed by atoms with Crippen LogP contribution in [0, 0.1) is 0 Å². The van der Waals surface area contributed by atoms with E-state index in [0.717, 1.165) is 6.08 Å².